The Hall–Kier alpha value is -0.950. The summed E-state index contributed by atoms with van der Waals surface area (Å²) in [7, 11) is 4.30. The summed E-state index contributed by atoms with van der Waals surface area (Å²) in [5.74, 6) is 0.779. The molecule has 0 saturated heterocycles. The fraction of sp³-hybridized carbons (Fsp3) is 0.500. The highest BCUT2D eigenvalue weighted by atomic mass is 35.5. The molecule has 2 rings (SSSR count). The molecule has 0 radical (unpaired) electrons. The Morgan fingerprint density at radius 3 is 2.61 bits per heavy atom. The molecule has 0 aromatic heterocycles. The number of hydrogen-bond donors (Lipinski definition) is 0. The van der Waals surface area contributed by atoms with Gasteiger partial charge in [-0.3, -0.25) is 0 Å². The van der Waals surface area contributed by atoms with Crippen LogP contribution in [0.4, 0.5) is 0 Å². The van der Waals surface area contributed by atoms with Crippen molar-refractivity contribution in [2.75, 3.05) is 20.0 Å². The Morgan fingerprint density at radius 1 is 1.11 bits per heavy atom. The highest BCUT2D eigenvalue weighted by Crippen LogP contribution is 2.34. The van der Waals surface area contributed by atoms with E-state index in [1.807, 2.05) is 0 Å². The summed E-state index contributed by atoms with van der Waals surface area (Å²) in [6.45, 7) is 0. The van der Waals surface area contributed by atoms with Crippen LogP contribution in [0.15, 0.2) is 29.8 Å². The van der Waals surface area contributed by atoms with Crippen molar-refractivity contribution in [3.63, 3.8) is 0 Å². The summed E-state index contributed by atoms with van der Waals surface area (Å²) >= 11 is 5.77. The normalized spacial score (nSPS) is 14.6. The van der Waals surface area contributed by atoms with Crippen LogP contribution in [0.3, 0.4) is 0 Å². The van der Waals surface area contributed by atoms with Crippen molar-refractivity contribution in [1.82, 2.24) is 4.90 Å². The standard InChI is InChI=1S/C16H22ClN/c1-18(2)16-14(8-5-6-12-17)11-10-13-7-3-4-9-15(13)16/h3-4,7,9H,5-6,8,10-12H2,1-2H3. The third kappa shape index (κ3) is 2.89. The Labute approximate surface area is 115 Å². The van der Waals surface area contributed by atoms with Crippen LogP contribution in [0.25, 0.3) is 5.70 Å². The Balaban J connectivity index is 2.29. The maximum absolute atomic E-state index is 5.77. The van der Waals surface area contributed by atoms with Gasteiger partial charge < -0.3 is 4.90 Å². The van der Waals surface area contributed by atoms with Gasteiger partial charge in [-0.05, 0) is 43.2 Å². The zero-order chi connectivity index (χ0) is 13.0. The van der Waals surface area contributed by atoms with Crippen molar-refractivity contribution in [1.29, 1.82) is 0 Å². The third-order valence-corrected chi connectivity index (χ3v) is 3.88. The highest BCUT2D eigenvalue weighted by molar-refractivity contribution is 6.17. The summed E-state index contributed by atoms with van der Waals surface area (Å²) in [4.78, 5) is 2.27. The monoisotopic (exact) mass is 263 g/mol. The third-order valence-electron chi connectivity index (χ3n) is 3.61. The smallest absolute Gasteiger partial charge is 0.0429 e. The van der Waals surface area contributed by atoms with Crippen molar-refractivity contribution in [2.24, 2.45) is 0 Å². The van der Waals surface area contributed by atoms with Gasteiger partial charge in [0, 0.05) is 31.2 Å². The van der Waals surface area contributed by atoms with Gasteiger partial charge in [-0.2, -0.15) is 0 Å². The molecular weight excluding hydrogens is 242 g/mol. The molecule has 0 unspecified atom stereocenters. The van der Waals surface area contributed by atoms with Crippen LogP contribution in [-0.4, -0.2) is 24.9 Å². The Kier molecular flexibility index (Phi) is 4.71. The van der Waals surface area contributed by atoms with Crippen LogP contribution < -0.4 is 0 Å². The van der Waals surface area contributed by atoms with Gasteiger partial charge in [0.25, 0.3) is 0 Å². The van der Waals surface area contributed by atoms with E-state index in [1.165, 1.54) is 42.5 Å². The highest BCUT2D eigenvalue weighted by Gasteiger charge is 2.19. The average Bonchev–Trinajstić information content (AvgIpc) is 2.38. The predicted octanol–water partition coefficient (Wildman–Crippen LogP) is 4.31. The van der Waals surface area contributed by atoms with Gasteiger partial charge in [-0.25, -0.2) is 0 Å². The van der Waals surface area contributed by atoms with Gasteiger partial charge >= 0.3 is 0 Å². The molecule has 2 heteroatoms. The second kappa shape index (κ2) is 6.29. The zero-order valence-corrected chi connectivity index (χ0v) is 12.1. The fourth-order valence-electron chi connectivity index (χ4n) is 2.80. The number of allylic oxidation sites excluding steroid dienone is 1. The molecule has 98 valence electrons. The molecule has 1 nitrogen and oxygen atoms in total. The van der Waals surface area contributed by atoms with Crippen molar-refractivity contribution < 1.29 is 0 Å². The summed E-state index contributed by atoms with van der Waals surface area (Å²) in [5, 5.41) is 0. The van der Waals surface area contributed by atoms with E-state index in [2.05, 4.69) is 43.3 Å². The van der Waals surface area contributed by atoms with Crippen molar-refractivity contribution in [3.05, 3.63) is 41.0 Å². The number of nitrogens with zero attached hydrogens (tertiary/aromatic N) is 1. The van der Waals surface area contributed by atoms with Gasteiger partial charge in [0.15, 0.2) is 0 Å². The molecule has 0 amide bonds. The van der Waals surface area contributed by atoms with Gasteiger partial charge in [0.05, 0.1) is 0 Å². The first kappa shape index (κ1) is 13.5. The van der Waals surface area contributed by atoms with E-state index in [4.69, 9.17) is 11.6 Å². The molecule has 0 aliphatic heterocycles. The maximum atomic E-state index is 5.77. The lowest BCUT2D eigenvalue weighted by atomic mass is 9.86. The lowest BCUT2D eigenvalue weighted by Gasteiger charge is -2.28. The van der Waals surface area contributed by atoms with Crippen molar-refractivity contribution >= 4 is 17.3 Å². The van der Waals surface area contributed by atoms with E-state index in [0.717, 1.165) is 12.3 Å². The molecular formula is C16H22ClN. The molecule has 0 saturated carbocycles. The molecule has 1 aromatic carbocycles. The van der Waals surface area contributed by atoms with Crippen LogP contribution in [0.5, 0.6) is 0 Å². The van der Waals surface area contributed by atoms with Crippen molar-refractivity contribution in [2.45, 2.75) is 32.1 Å². The molecule has 0 spiro atoms. The molecule has 0 fully saturated rings. The lowest BCUT2D eigenvalue weighted by molar-refractivity contribution is 0.571. The van der Waals surface area contributed by atoms with E-state index in [0.29, 0.717) is 0 Å². The summed E-state index contributed by atoms with van der Waals surface area (Å²) in [6, 6.07) is 8.80. The number of halogens is 1. The summed E-state index contributed by atoms with van der Waals surface area (Å²) in [5.41, 5.74) is 5.95. The molecule has 1 aromatic rings. The predicted molar refractivity (Wildman–Crippen MR) is 79.9 cm³/mol. The minimum absolute atomic E-state index is 0.779. The number of rotatable bonds is 5. The Morgan fingerprint density at radius 2 is 1.89 bits per heavy atom. The number of aryl methyl sites for hydroxylation is 1. The molecule has 1 aliphatic carbocycles. The molecule has 0 N–H and O–H groups in total. The van der Waals surface area contributed by atoms with Crippen LogP contribution in [0.1, 0.15) is 36.8 Å². The second-order valence-corrected chi connectivity index (χ2v) is 5.53. The van der Waals surface area contributed by atoms with Crippen LogP contribution in [-0.2, 0) is 6.42 Å². The van der Waals surface area contributed by atoms with E-state index in [9.17, 15) is 0 Å². The van der Waals surface area contributed by atoms with Gasteiger partial charge in [0.2, 0.25) is 0 Å². The Bertz CT molecular complexity index is 434. The van der Waals surface area contributed by atoms with Crippen LogP contribution in [0, 0.1) is 0 Å². The minimum Gasteiger partial charge on any atom is -0.377 e. The molecule has 0 bridgehead atoms. The van der Waals surface area contributed by atoms with E-state index in [1.54, 1.807) is 5.57 Å². The SMILES string of the molecule is CN(C)C1=C(CCCCCl)CCc2ccccc21. The first-order valence-electron chi connectivity index (χ1n) is 6.77. The summed E-state index contributed by atoms with van der Waals surface area (Å²) < 4.78 is 0. The van der Waals surface area contributed by atoms with Gasteiger partial charge in [0.1, 0.15) is 0 Å². The topological polar surface area (TPSA) is 3.24 Å². The largest absolute Gasteiger partial charge is 0.377 e. The first-order chi connectivity index (χ1) is 8.74. The molecule has 1 aliphatic rings. The van der Waals surface area contributed by atoms with Crippen LogP contribution >= 0.6 is 11.6 Å². The molecule has 0 heterocycles. The maximum Gasteiger partial charge on any atom is 0.0429 e. The minimum atomic E-state index is 0.779. The average molecular weight is 264 g/mol. The van der Waals surface area contributed by atoms with E-state index in [-0.39, 0.29) is 0 Å². The molecule has 0 atom stereocenters. The summed E-state index contributed by atoms with van der Waals surface area (Å²) in [6.07, 6.45) is 5.90. The van der Waals surface area contributed by atoms with E-state index < -0.39 is 0 Å². The quantitative estimate of drug-likeness (QED) is 0.565. The first-order valence-corrected chi connectivity index (χ1v) is 7.31. The number of unbranched alkanes of at least 4 members (excludes halogenated alkanes) is 1. The van der Waals surface area contributed by atoms with Crippen LogP contribution in [0.2, 0.25) is 0 Å². The van der Waals surface area contributed by atoms with E-state index >= 15 is 0 Å². The number of alkyl halides is 1. The number of fused-ring (bicyclic) bond motifs is 1. The number of hydrogen-bond acceptors (Lipinski definition) is 1. The second-order valence-electron chi connectivity index (χ2n) is 5.15. The van der Waals surface area contributed by atoms with Gasteiger partial charge in [-0.1, -0.05) is 24.3 Å². The number of benzene rings is 1. The molecule has 18 heavy (non-hydrogen) atoms. The fourth-order valence-corrected chi connectivity index (χ4v) is 2.99. The lowest BCUT2D eigenvalue weighted by Crippen LogP contribution is -2.17. The van der Waals surface area contributed by atoms with Crippen molar-refractivity contribution in [3.8, 4) is 0 Å². The van der Waals surface area contributed by atoms with Gasteiger partial charge in [-0.15, -0.1) is 11.6 Å². The zero-order valence-electron chi connectivity index (χ0n) is 11.4.